The predicted molar refractivity (Wildman–Crippen MR) is 105 cm³/mol. The number of carbonyl (C=O) groups is 2. The largest absolute Gasteiger partial charge is 0.390 e. The van der Waals surface area contributed by atoms with E-state index in [4.69, 9.17) is 0 Å². The second-order valence-corrected chi connectivity index (χ2v) is 10.6. The molecular formula is C22H27F3O3S. The van der Waals surface area contributed by atoms with Gasteiger partial charge in [0.2, 0.25) is 0 Å². The maximum Gasteiger partial charge on any atom is 0.195 e. The van der Waals surface area contributed by atoms with Gasteiger partial charge < -0.3 is 5.11 Å². The van der Waals surface area contributed by atoms with Crippen molar-refractivity contribution in [2.45, 2.75) is 58.0 Å². The molecule has 4 rings (SSSR count). The number of hydrogen-bond acceptors (Lipinski definition) is 4. The molecule has 1 unspecified atom stereocenters. The number of carbonyl (C=O) groups excluding carboxylic acids is 2. The van der Waals surface area contributed by atoms with Gasteiger partial charge in [-0.25, -0.2) is 13.2 Å². The zero-order valence-electron chi connectivity index (χ0n) is 16.8. The molecule has 9 atom stereocenters. The maximum atomic E-state index is 16.9. The Morgan fingerprint density at radius 3 is 2.66 bits per heavy atom. The van der Waals surface area contributed by atoms with Crippen LogP contribution in [-0.2, 0) is 9.59 Å². The van der Waals surface area contributed by atoms with Crippen LogP contribution >= 0.6 is 11.8 Å². The fourth-order valence-electron chi connectivity index (χ4n) is 7.22. The summed E-state index contributed by atoms with van der Waals surface area (Å²) in [6, 6.07) is -0.820. The highest BCUT2D eigenvalue weighted by molar-refractivity contribution is 8.13. The van der Waals surface area contributed by atoms with E-state index in [0.717, 1.165) is 0 Å². The normalized spacial score (nSPS) is 51.1. The molecule has 3 saturated carbocycles. The van der Waals surface area contributed by atoms with Crippen molar-refractivity contribution in [1.29, 1.82) is 0 Å². The number of allylic oxidation sites excluding steroid dienone is 4. The van der Waals surface area contributed by atoms with E-state index in [2.05, 4.69) is 0 Å². The first-order valence-corrected chi connectivity index (χ1v) is 11.2. The quantitative estimate of drug-likeness (QED) is 0.710. The van der Waals surface area contributed by atoms with Crippen LogP contribution in [0.1, 0.15) is 40.0 Å². The van der Waals surface area contributed by atoms with Crippen LogP contribution in [0.2, 0.25) is 0 Å². The number of hydrogen-bond donors (Lipinski definition) is 1. The molecule has 160 valence electrons. The molecule has 7 heteroatoms. The lowest BCUT2D eigenvalue weighted by atomic mass is 9.45. The minimum atomic E-state index is -2.13. The highest BCUT2D eigenvalue weighted by atomic mass is 32.2. The molecule has 0 aromatic rings. The van der Waals surface area contributed by atoms with Crippen molar-refractivity contribution >= 4 is 22.7 Å². The van der Waals surface area contributed by atoms with E-state index in [-0.39, 0.29) is 41.1 Å². The van der Waals surface area contributed by atoms with Crippen molar-refractivity contribution < 1.29 is 27.9 Å². The molecule has 0 aromatic carbocycles. The molecule has 0 aromatic heterocycles. The van der Waals surface area contributed by atoms with Gasteiger partial charge >= 0.3 is 0 Å². The molecule has 0 radical (unpaired) electrons. The average Bonchev–Trinajstić information content (AvgIpc) is 2.90. The highest BCUT2D eigenvalue weighted by Gasteiger charge is 2.73. The second-order valence-electron chi connectivity index (χ2n) is 9.71. The molecule has 0 saturated heterocycles. The second kappa shape index (κ2) is 6.71. The van der Waals surface area contributed by atoms with Crippen LogP contribution in [-0.4, -0.2) is 40.0 Å². The molecule has 0 heterocycles. The van der Waals surface area contributed by atoms with Crippen molar-refractivity contribution in [2.24, 2.45) is 34.5 Å². The highest BCUT2D eigenvalue weighted by Crippen LogP contribution is 2.70. The topological polar surface area (TPSA) is 54.4 Å². The summed E-state index contributed by atoms with van der Waals surface area (Å²) in [6.45, 7) is 5.33. The summed E-state index contributed by atoms with van der Waals surface area (Å²) in [6.07, 6.45) is 1.40. The molecule has 0 amide bonds. The van der Waals surface area contributed by atoms with Crippen LogP contribution in [0.3, 0.4) is 0 Å². The third-order valence-corrected chi connectivity index (χ3v) is 9.07. The monoisotopic (exact) mass is 428 g/mol. The Kier molecular flexibility index (Phi) is 4.90. The number of thioether (sulfide) groups is 1. The molecule has 0 bridgehead atoms. The first kappa shape index (κ1) is 21.2. The van der Waals surface area contributed by atoms with E-state index in [1.807, 2.05) is 13.8 Å². The lowest BCUT2D eigenvalue weighted by Gasteiger charge is -2.62. The summed E-state index contributed by atoms with van der Waals surface area (Å²) in [4.78, 5) is 24.5. The van der Waals surface area contributed by atoms with Gasteiger partial charge in [-0.15, -0.1) is 0 Å². The standard InChI is InChI=1S/C22H27F3O3S/c1-11-6-13-14-8-16(24)15-7-12(26)4-5-21(15,3)22(14,25)17(27)9-20(13,2)18(11)19(28)29-10-23/h4-5,7,11,13-14,16-18,27H,6,8-10H2,1-3H3/t11?,13-,14-,16-,17-,18-,20-,21-,22-/m0/s1. The lowest BCUT2D eigenvalue weighted by molar-refractivity contribution is -0.201. The number of aliphatic hydroxyl groups excluding tert-OH is 1. The molecule has 3 nitrogen and oxygen atoms in total. The molecule has 1 N–H and O–H groups in total. The van der Waals surface area contributed by atoms with Crippen molar-refractivity contribution in [1.82, 2.24) is 0 Å². The Morgan fingerprint density at radius 1 is 1.31 bits per heavy atom. The average molecular weight is 429 g/mol. The Bertz CT molecular complexity index is 813. The lowest BCUT2D eigenvalue weighted by Crippen LogP contribution is -2.68. The molecular weight excluding hydrogens is 401 g/mol. The van der Waals surface area contributed by atoms with Gasteiger partial charge in [-0.1, -0.05) is 31.7 Å². The van der Waals surface area contributed by atoms with Gasteiger partial charge in [-0.3, -0.25) is 9.59 Å². The summed E-state index contributed by atoms with van der Waals surface area (Å²) in [5.41, 5.74) is -4.17. The van der Waals surface area contributed by atoms with Crippen molar-refractivity contribution in [2.75, 3.05) is 6.01 Å². The summed E-state index contributed by atoms with van der Waals surface area (Å²) >= 11 is 0.622. The molecule has 29 heavy (non-hydrogen) atoms. The summed E-state index contributed by atoms with van der Waals surface area (Å²) < 4.78 is 45.0. The summed E-state index contributed by atoms with van der Waals surface area (Å²) in [7, 11) is 0. The predicted octanol–water partition coefficient (Wildman–Crippen LogP) is 4.35. The van der Waals surface area contributed by atoms with Gasteiger partial charge in [0.05, 0.1) is 6.10 Å². The molecule has 4 aliphatic carbocycles. The van der Waals surface area contributed by atoms with E-state index in [0.29, 0.717) is 18.2 Å². The number of alkyl halides is 3. The van der Waals surface area contributed by atoms with E-state index >= 15 is 8.78 Å². The smallest absolute Gasteiger partial charge is 0.195 e. The third kappa shape index (κ3) is 2.62. The molecule has 3 fully saturated rings. The van der Waals surface area contributed by atoms with Gasteiger partial charge in [0.25, 0.3) is 0 Å². The number of ketones is 1. The molecule has 0 aliphatic heterocycles. The van der Waals surface area contributed by atoms with Crippen molar-refractivity contribution in [3.63, 3.8) is 0 Å². The Labute approximate surface area is 173 Å². The summed E-state index contributed by atoms with van der Waals surface area (Å²) in [5.74, 6) is -2.07. The fourth-order valence-corrected chi connectivity index (χ4v) is 8.01. The SMILES string of the molecule is CC1C[C@H]2[C@@H]3C[C@H](F)C4=CC(=O)C=C[C@]4(C)[C@@]3(F)[C@@H](O)C[C@]2(C)[C@@H]1C(=O)SCF. The van der Waals surface area contributed by atoms with Crippen molar-refractivity contribution in [3.05, 3.63) is 23.8 Å². The maximum absolute atomic E-state index is 16.9. The van der Waals surface area contributed by atoms with Crippen LogP contribution in [0.15, 0.2) is 23.8 Å². The first-order chi connectivity index (χ1) is 13.5. The van der Waals surface area contributed by atoms with Crippen LogP contribution < -0.4 is 0 Å². The van der Waals surface area contributed by atoms with Crippen LogP contribution in [0.25, 0.3) is 0 Å². The zero-order chi connectivity index (χ0) is 21.4. The first-order valence-electron chi connectivity index (χ1n) is 10.2. The fraction of sp³-hybridized carbons (Fsp3) is 0.727. The van der Waals surface area contributed by atoms with E-state index in [1.165, 1.54) is 18.2 Å². The van der Waals surface area contributed by atoms with Gasteiger partial charge in [0, 0.05) is 17.3 Å². The number of fused-ring (bicyclic) bond motifs is 5. The summed E-state index contributed by atoms with van der Waals surface area (Å²) in [5, 5.41) is 10.8. The van der Waals surface area contributed by atoms with Crippen LogP contribution in [0.4, 0.5) is 13.2 Å². The van der Waals surface area contributed by atoms with Gasteiger partial charge in [-0.2, -0.15) is 0 Å². The van der Waals surface area contributed by atoms with E-state index in [9.17, 15) is 19.1 Å². The van der Waals surface area contributed by atoms with Crippen LogP contribution in [0.5, 0.6) is 0 Å². The number of aliphatic hydroxyl groups is 1. The van der Waals surface area contributed by atoms with Crippen LogP contribution in [0, 0.1) is 34.5 Å². The molecule has 0 spiro atoms. The number of rotatable bonds is 2. The minimum absolute atomic E-state index is 0.0554. The van der Waals surface area contributed by atoms with Gasteiger partial charge in [0.15, 0.2) is 16.6 Å². The Hall–Kier alpha value is -1.08. The van der Waals surface area contributed by atoms with Crippen molar-refractivity contribution in [3.8, 4) is 0 Å². The Balaban J connectivity index is 1.80. The van der Waals surface area contributed by atoms with E-state index in [1.54, 1.807) is 6.92 Å². The van der Waals surface area contributed by atoms with Gasteiger partial charge in [-0.05, 0) is 61.2 Å². The third-order valence-electron chi connectivity index (χ3n) is 8.42. The Morgan fingerprint density at radius 2 is 2.00 bits per heavy atom. The van der Waals surface area contributed by atoms with E-state index < -0.39 is 46.6 Å². The molecule has 4 aliphatic rings. The minimum Gasteiger partial charge on any atom is -0.390 e. The van der Waals surface area contributed by atoms with Gasteiger partial charge in [0.1, 0.15) is 12.2 Å². The zero-order valence-corrected chi connectivity index (χ0v) is 17.6. The number of halogens is 3.